The first-order chi connectivity index (χ1) is 6.65. The van der Waals surface area contributed by atoms with E-state index in [1.165, 1.54) is 19.2 Å². The monoisotopic (exact) mass is 197 g/mol. The maximum atomic E-state index is 13.1. The summed E-state index contributed by atoms with van der Waals surface area (Å²) in [7, 11) is 1.42. The highest BCUT2D eigenvalue weighted by atomic mass is 19.1. The molecule has 0 saturated heterocycles. The van der Waals surface area contributed by atoms with Crippen LogP contribution in [0, 0.1) is 5.82 Å². The highest BCUT2D eigenvalue weighted by Gasteiger charge is 2.12. The first-order valence-corrected chi connectivity index (χ1v) is 4.23. The van der Waals surface area contributed by atoms with Gasteiger partial charge in [-0.05, 0) is 19.1 Å². The number of rotatable bonds is 3. The lowest BCUT2D eigenvalue weighted by atomic mass is 10.3. The molecule has 3 nitrogen and oxygen atoms in total. The normalized spacial score (nSPS) is 12.2. The van der Waals surface area contributed by atoms with Gasteiger partial charge in [0.25, 0.3) is 5.91 Å². The molecule has 1 aromatic rings. The van der Waals surface area contributed by atoms with Crippen molar-refractivity contribution in [2.75, 3.05) is 12.4 Å². The molecular weight excluding hydrogens is 185 g/mol. The fourth-order valence-electron chi connectivity index (χ4n) is 0.904. The molecule has 0 aliphatic heterocycles. The molecule has 1 amide bonds. The molecule has 76 valence electrons. The molecule has 4 heteroatoms. The molecule has 0 radical (unpaired) electrons. The number of ether oxygens (including phenoxy) is 1. The molecule has 0 aromatic heterocycles. The minimum absolute atomic E-state index is 0.168. The van der Waals surface area contributed by atoms with Crippen molar-refractivity contribution in [2.24, 2.45) is 0 Å². The number of amides is 1. The second-order valence-electron chi connectivity index (χ2n) is 2.85. The van der Waals surface area contributed by atoms with Crippen molar-refractivity contribution >= 4 is 11.6 Å². The van der Waals surface area contributed by atoms with Crippen LogP contribution in [0.1, 0.15) is 6.92 Å². The van der Waals surface area contributed by atoms with Crippen LogP contribution in [0.5, 0.6) is 0 Å². The molecule has 0 spiro atoms. The first kappa shape index (κ1) is 10.7. The van der Waals surface area contributed by atoms with Crippen LogP contribution in [0.3, 0.4) is 0 Å². The third-order valence-corrected chi connectivity index (χ3v) is 1.85. The number of methoxy groups -OCH3 is 1. The van der Waals surface area contributed by atoms with E-state index < -0.39 is 11.9 Å². The summed E-state index contributed by atoms with van der Waals surface area (Å²) in [6, 6.07) is 5.99. The molecule has 1 aromatic carbocycles. The number of hydrogen-bond donors (Lipinski definition) is 1. The van der Waals surface area contributed by atoms with E-state index in [0.717, 1.165) is 0 Å². The Bertz CT molecular complexity index is 328. The molecule has 0 aliphatic carbocycles. The van der Waals surface area contributed by atoms with Crippen molar-refractivity contribution < 1.29 is 13.9 Å². The fourth-order valence-corrected chi connectivity index (χ4v) is 0.904. The Hall–Kier alpha value is -1.42. The minimum atomic E-state index is -0.588. The molecule has 14 heavy (non-hydrogen) atoms. The predicted octanol–water partition coefficient (Wildman–Crippen LogP) is 1.80. The highest BCUT2D eigenvalue weighted by molar-refractivity contribution is 5.93. The van der Waals surface area contributed by atoms with E-state index in [1.807, 2.05) is 0 Å². The Morgan fingerprint density at radius 1 is 1.50 bits per heavy atom. The van der Waals surface area contributed by atoms with Crippen LogP contribution in [0.2, 0.25) is 0 Å². The number of halogens is 1. The topological polar surface area (TPSA) is 38.3 Å². The van der Waals surface area contributed by atoms with Gasteiger partial charge in [0.2, 0.25) is 0 Å². The van der Waals surface area contributed by atoms with Gasteiger partial charge in [-0.1, -0.05) is 12.1 Å². The molecule has 0 saturated carbocycles. The smallest absolute Gasteiger partial charge is 0.253 e. The van der Waals surface area contributed by atoms with Crippen molar-refractivity contribution in [3.63, 3.8) is 0 Å². The van der Waals surface area contributed by atoms with Gasteiger partial charge in [0.1, 0.15) is 11.9 Å². The van der Waals surface area contributed by atoms with Crippen LogP contribution >= 0.6 is 0 Å². The average Bonchev–Trinajstić information content (AvgIpc) is 2.20. The van der Waals surface area contributed by atoms with Gasteiger partial charge in [0, 0.05) is 7.11 Å². The Balaban J connectivity index is 2.70. The molecular formula is C10H12FNO2. The molecule has 0 bridgehead atoms. The molecule has 0 aliphatic rings. The lowest BCUT2D eigenvalue weighted by Gasteiger charge is -2.10. The SMILES string of the molecule is COC(C)C(=O)Nc1ccccc1F. The number of carbonyl (C=O) groups excluding carboxylic acids is 1. The predicted molar refractivity (Wildman–Crippen MR) is 51.5 cm³/mol. The Kier molecular flexibility index (Phi) is 3.59. The Morgan fingerprint density at radius 2 is 2.14 bits per heavy atom. The van der Waals surface area contributed by atoms with Crippen LogP contribution in [-0.2, 0) is 9.53 Å². The fraction of sp³-hybridized carbons (Fsp3) is 0.300. The van der Waals surface area contributed by atoms with Crippen molar-refractivity contribution in [2.45, 2.75) is 13.0 Å². The maximum Gasteiger partial charge on any atom is 0.253 e. The summed E-state index contributed by atoms with van der Waals surface area (Å²) in [4.78, 5) is 11.3. The number of benzene rings is 1. The van der Waals surface area contributed by atoms with Gasteiger partial charge < -0.3 is 10.1 Å². The number of carbonyl (C=O) groups is 1. The minimum Gasteiger partial charge on any atom is -0.372 e. The quantitative estimate of drug-likeness (QED) is 0.802. The van der Waals surface area contributed by atoms with E-state index in [0.29, 0.717) is 0 Å². The number of para-hydroxylation sites is 1. The van der Waals surface area contributed by atoms with Gasteiger partial charge in [0.05, 0.1) is 5.69 Å². The van der Waals surface area contributed by atoms with Gasteiger partial charge in [0.15, 0.2) is 0 Å². The third-order valence-electron chi connectivity index (χ3n) is 1.85. The number of nitrogens with one attached hydrogen (secondary N) is 1. The second-order valence-corrected chi connectivity index (χ2v) is 2.85. The zero-order valence-electron chi connectivity index (χ0n) is 8.08. The lowest BCUT2D eigenvalue weighted by molar-refractivity contribution is -0.124. The van der Waals surface area contributed by atoms with Crippen molar-refractivity contribution in [3.05, 3.63) is 30.1 Å². The molecule has 0 fully saturated rings. The summed E-state index contributed by atoms with van der Waals surface area (Å²) in [5.74, 6) is -0.818. The van der Waals surface area contributed by atoms with E-state index in [2.05, 4.69) is 5.32 Å². The second kappa shape index (κ2) is 4.72. The average molecular weight is 197 g/mol. The molecule has 1 rings (SSSR count). The van der Waals surface area contributed by atoms with Gasteiger partial charge in [-0.25, -0.2) is 4.39 Å². The van der Waals surface area contributed by atoms with Gasteiger partial charge in [-0.15, -0.1) is 0 Å². The van der Waals surface area contributed by atoms with Crippen molar-refractivity contribution in [1.29, 1.82) is 0 Å². The zero-order chi connectivity index (χ0) is 10.6. The highest BCUT2D eigenvalue weighted by Crippen LogP contribution is 2.12. The van der Waals surface area contributed by atoms with Gasteiger partial charge in [-0.2, -0.15) is 0 Å². The number of hydrogen-bond acceptors (Lipinski definition) is 2. The summed E-state index contributed by atoms with van der Waals surface area (Å²) in [6.45, 7) is 1.59. The van der Waals surface area contributed by atoms with Gasteiger partial charge >= 0.3 is 0 Å². The summed E-state index contributed by atoms with van der Waals surface area (Å²) in [5.41, 5.74) is 0.168. The van der Waals surface area contributed by atoms with Gasteiger partial charge in [-0.3, -0.25) is 4.79 Å². The van der Waals surface area contributed by atoms with Crippen molar-refractivity contribution in [1.82, 2.24) is 0 Å². The number of anilines is 1. The Morgan fingerprint density at radius 3 is 2.71 bits per heavy atom. The van der Waals surface area contributed by atoms with Crippen LogP contribution in [0.4, 0.5) is 10.1 Å². The molecule has 0 heterocycles. The summed E-state index contributed by atoms with van der Waals surface area (Å²) in [5, 5.41) is 2.42. The standard InChI is InChI=1S/C10H12FNO2/c1-7(14-2)10(13)12-9-6-4-3-5-8(9)11/h3-7H,1-2H3,(H,12,13). The first-order valence-electron chi connectivity index (χ1n) is 4.23. The summed E-state index contributed by atoms with van der Waals surface area (Å²) < 4.78 is 17.9. The van der Waals surface area contributed by atoms with E-state index in [4.69, 9.17) is 4.74 Å². The zero-order valence-corrected chi connectivity index (χ0v) is 8.08. The van der Waals surface area contributed by atoms with E-state index in [-0.39, 0.29) is 11.6 Å². The van der Waals surface area contributed by atoms with E-state index >= 15 is 0 Å². The lowest BCUT2D eigenvalue weighted by Crippen LogP contribution is -2.26. The summed E-state index contributed by atoms with van der Waals surface area (Å²) >= 11 is 0. The largest absolute Gasteiger partial charge is 0.372 e. The Labute approximate surface area is 81.9 Å². The molecule has 1 unspecified atom stereocenters. The summed E-state index contributed by atoms with van der Waals surface area (Å²) in [6.07, 6.45) is -0.588. The van der Waals surface area contributed by atoms with Crippen LogP contribution < -0.4 is 5.32 Å². The third kappa shape index (κ3) is 2.53. The molecule has 1 N–H and O–H groups in total. The van der Waals surface area contributed by atoms with Crippen LogP contribution in [0.15, 0.2) is 24.3 Å². The van der Waals surface area contributed by atoms with Crippen molar-refractivity contribution in [3.8, 4) is 0 Å². The molecule has 1 atom stereocenters. The van der Waals surface area contributed by atoms with Crippen LogP contribution in [0.25, 0.3) is 0 Å². The van der Waals surface area contributed by atoms with Crippen LogP contribution in [-0.4, -0.2) is 19.1 Å². The van der Waals surface area contributed by atoms with E-state index in [9.17, 15) is 9.18 Å². The van der Waals surface area contributed by atoms with E-state index in [1.54, 1.807) is 19.1 Å². The maximum absolute atomic E-state index is 13.1.